The molecule has 7 heteroatoms. The highest BCUT2D eigenvalue weighted by Crippen LogP contribution is 2.24. The molecule has 0 aromatic carbocycles. The Morgan fingerprint density at radius 1 is 1.27 bits per heavy atom. The number of carbonyl (C=O) groups is 1. The Morgan fingerprint density at radius 3 is 2.64 bits per heavy atom. The summed E-state index contributed by atoms with van der Waals surface area (Å²) in [6.45, 7) is 7.48. The van der Waals surface area contributed by atoms with Crippen LogP contribution in [0.3, 0.4) is 0 Å². The Bertz CT molecular complexity index is 334. The number of likely N-dealkylation sites (tertiary alicyclic amines) is 1. The van der Waals surface area contributed by atoms with Crippen molar-refractivity contribution in [3.63, 3.8) is 0 Å². The highest BCUT2D eigenvalue weighted by Gasteiger charge is 2.35. The van der Waals surface area contributed by atoms with E-state index in [1.54, 1.807) is 16.7 Å². The minimum Gasteiger partial charge on any atom is -0.444 e. The smallest absolute Gasteiger partial charge is 0.410 e. The molecule has 1 aliphatic heterocycles. The van der Waals surface area contributed by atoms with E-state index in [0.29, 0.717) is 26.3 Å². The molecule has 0 aromatic rings. The number of hydrogen-bond acceptors (Lipinski definition) is 6. The average molecular weight is 335 g/mol. The first-order chi connectivity index (χ1) is 10.3. The fourth-order valence-electron chi connectivity index (χ4n) is 2.23. The third kappa shape index (κ3) is 7.67. The minimum atomic E-state index is -0.509. The van der Waals surface area contributed by atoms with Crippen molar-refractivity contribution in [1.82, 2.24) is 4.90 Å². The Hall–Kier alpha value is -0.500. The van der Waals surface area contributed by atoms with E-state index in [9.17, 15) is 9.90 Å². The van der Waals surface area contributed by atoms with Crippen molar-refractivity contribution in [2.45, 2.75) is 38.9 Å². The van der Waals surface area contributed by atoms with E-state index >= 15 is 0 Å². The molecule has 0 saturated carbocycles. The average Bonchev–Trinajstić information content (AvgIpc) is 2.77. The number of carbonyl (C=O) groups excluding carboxylic acids is 1. The first-order valence-electron chi connectivity index (χ1n) is 7.76. The van der Waals surface area contributed by atoms with E-state index in [0.717, 1.165) is 17.9 Å². The van der Waals surface area contributed by atoms with Crippen LogP contribution >= 0.6 is 11.8 Å². The highest BCUT2D eigenvalue weighted by atomic mass is 32.2. The maximum absolute atomic E-state index is 12.0. The lowest BCUT2D eigenvalue weighted by atomic mass is 10.0. The number of rotatable bonds is 8. The third-order valence-electron chi connectivity index (χ3n) is 3.30. The number of ether oxygens (including phenoxy) is 2. The standard InChI is InChI=1S/C15H29NO5S/c1-15(2,3)21-14(19)16-10-12(13(18)11-16)4-8-22-9-7-20-6-5-17/h12-13,17-18H,4-11H2,1-3H3. The Balaban J connectivity index is 2.19. The molecule has 6 nitrogen and oxygen atoms in total. The van der Waals surface area contributed by atoms with Crippen molar-refractivity contribution in [1.29, 1.82) is 0 Å². The van der Waals surface area contributed by atoms with Crippen LogP contribution in [-0.4, -0.2) is 77.3 Å². The molecular formula is C15H29NO5S. The van der Waals surface area contributed by atoms with E-state index in [4.69, 9.17) is 14.6 Å². The lowest BCUT2D eigenvalue weighted by Gasteiger charge is -2.24. The van der Waals surface area contributed by atoms with E-state index in [2.05, 4.69) is 0 Å². The molecule has 1 saturated heterocycles. The summed E-state index contributed by atoms with van der Waals surface area (Å²) in [5, 5.41) is 18.6. The molecule has 1 fully saturated rings. The van der Waals surface area contributed by atoms with Crippen molar-refractivity contribution < 1.29 is 24.5 Å². The molecule has 130 valence electrons. The van der Waals surface area contributed by atoms with Crippen LogP contribution in [0.5, 0.6) is 0 Å². The number of amides is 1. The molecule has 0 bridgehead atoms. The monoisotopic (exact) mass is 335 g/mol. The van der Waals surface area contributed by atoms with Gasteiger partial charge in [0.05, 0.1) is 32.5 Å². The lowest BCUT2D eigenvalue weighted by molar-refractivity contribution is 0.0269. The van der Waals surface area contributed by atoms with Crippen LogP contribution in [0.1, 0.15) is 27.2 Å². The molecule has 1 aliphatic rings. The van der Waals surface area contributed by atoms with Gasteiger partial charge in [-0.15, -0.1) is 0 Å². The van der Waals surface area contributed by atoms with E-state index < -0.39 is 11.7 Å². The van der Waals surface area contributed by atoms with Crippen molar-refractivity contribution in [3.05, 3.63) is 0 Å². The van der Waals surface area contributed by atoms with E-state index in [1.807, 2.05) is 20.8 Å². The first kappa shape index (κ1) is 19.5. The summed E-state index contributed by atoms with van der Waals surface area (Å²) < 4.78 is 10.5. The lowest BCUT2D eigenvalue weighted by Crippen LogP contribution is -2.35. The third-order valence-corrected chi connectivity index (χ3v) is 4.28. The first-order valence-corrected chi connectivity index (χ1v) is 8.91. The van der Waals surface area contributed by atoms with Gasteiger partial charge >= 0.3 is 6.09 Å². The molecule has 0 aliphatic carbocycles. The van der Waals surface area contributed by atoms with Crippen LogP contribution < -0.4 is 0 Å². The maximum atomic E-state index is 12.0. The summed E-state index contributed by atoms with van der Waals surface area (Å²) in [7, 11) is 0. The summed E-state index contributed by atoms with van der Waals surface area (Å²) in [6.07, 6.45) is 0.0448. The molecule has 1 heterocycles. The zero-order valence-corrected chi connectivity index (χ0v) is 14.6. The van der Waals surface area contributed by atoms with Gasteiger partial charge in [-0.25, -0.2) is 4.79 Å². The van der Waals surface area contributed by atoms with Gasteiger partial charge in [0.15, 0.2) is 0 Å². The summed E-state index contributed by atoms with van der Waals surface area (Å²) in [4.78, 5) is 13.6. The summed E-state index contributed by atoms with van der Waals surface area (Å²) >= 11 is 1.76. The second-order valence-corrected chi connectivity index (χ2v) is 7.67. The second kappa shape index (κ2) is 9.60. The van der Waals surface area contributed by atoms with Gasteiger partial charge in [0.2, 0.25) is 0 Å². The topological polar surface area (TPSA) is 79.2 Å². The summed E-state index contributed by atoms with van der Waals surface area (Å²) in [6, 6.07) is 0. The molecule has 0 spiro atoms. The van der Waals surface area contributed by atoms with E-state index in [1.165, 1.54) is 0 Å². The van der Waals surface area contributed by atoms with Crippen LogP contribution in [0.2, 0.25) is 0 Å². The number of nitrogens with zero attached hydrogens (tertiary/aromatic N) is 1. The van der Waals surface area contributed by atoms with Crippen LogP contribution in [0.4, 0.5) is 4.79 Å². The Morgan fingerprint density at radius 2 is 2.00 bits per heavy atom. The Labute approximate surface area is 137 Å². The van der Waals surface area contributed by atoms with Gasteiger partial charge in [0.25, 0.3) is 0 Å². The molecule has 0 aromatic heterocycles. The van der Waals surface area contributed by atoms with Crippen LogP contribution in [-0.2, 0) is 9.47 Å². The molecule has 1 rings (SSSR count). The fourth-order valence-corrected chi connectivity index (χ4v) is 3.14. The van der Waals surface area contributed by atoms with Crippen molar-refractivity contribution in [2.75, 3.05) is 44.4 Å². The quantitative estimate of drug-likeness (QED) is 0.652. The summed E-state index contributed by atoms with van der Waals surface area (Å²) in [5.74, 6) is 1.91. The van der Waals surface area contributed by atoms with Gasteiger partial charge in [0.1, 0.15) is 5.60 Å². The molecule has 1 amide bonds. The molecule has 22 heavy (non-hydrogen) atoms. The largest absolute Gasteiger partial charge is 0.444 e. The van der Waals surface area contributed by atoms with Crippen molar-refractivity contribution >= 4 is 17.9 Å². The fraction of sp³-hybridized carbons (Fsp3) is 0.933. The number of thioether (sulfide) groups is 1. The molecule has 2 unspecified atom stereocenters. The van der Waals surface area contributed by atoms with Crippen LogP contribution in [0.15, 0.2) is 0 Å². The number of β-amino-alcohol motifs (C(OH)–C–C–N with tert-alkyl or cyclic N) is 1. The van der Waals surface area contributed by atoms with Crippen LogP contribution in [0.25, 0.3) is 0 Å². The summed E-state index contributed by atoms with van der Waals surface area (Å²) in [5.41, 5.74) is -0.509. The Kier molecular flexibility index (Phi) is 8.53. The zero-order chi connectivity index (χ0) is 16.6. The second-order valence-electron chi connectivity index (χ2n) is 6.45. The number of aliphatic hydroxyl groups excluding tert-OH is 2. The van der Waals surface area contributed by atoms with Gasteiger partial charge in [-0.05, 0) is 32.9 Å². The van der Waals surface area contributed by atoms with Gasteiger partial charge in [-0.3, -0.25) is 0 Å². The number of hydrogen-bond donors (Lipinski definition) is 2. The van der Waals surface area contributed by atoms with Gasteiger partial charge in [-0.2, -0.15) is 11.8 Å². The molecule has 0 radical (unpaired) electrons. The minimum absolute atomic E-state index is 0.0550. The number of aliphatic hydroxyl groups is 2. The molecular weight excluding hydrogens is 306 g/mol. The molecule has 2 N–H and O–H groups in total. The zero-order valence-electron chi connectivity index (χ0n) is 13.8. The van der Waals surface area contributed by atoms with Gasteiger partial charge < -0.3 is 24.6 Å². The highest BCUT2D eigenvalue weighted by molar-refractivity contribution is 7.99. The predicted octanol–water partition coefficient (Wildman–Crippen LogP) is 1.35. The van der Waals surface area contributed by atoms with Gasteiger partial charge in [-0.1, -0.05) is 0 Å². The normalized spacial score (nSPS) is 22.1. The van der Waals surface area contributed by atoms with Gasteiger partial charge in [0, 0.05) is 18.2 Å². The van der Waals surface area contributed by atoms with Crippen molar-refractivity contribution in [2.24, 2.45) is 5.92 Å². The maximum Gasteiger partial charge on any atom is 0.410 e. The SMILES string of the molecule is CC(C)(C)OC(=O)N1CC(O)C(CCSCCOCCO)C1. The van der Waals surface area contributed by atoms with E-state index in [-0.39, 0.29) is 18.6 Å². The van der Waals surface area contributed by atoms with Crippen molar-refractivity contribution in [3.8, 4) is 0 Å². The van der Waals surface area contributed by atoms with Crippen LogP contribution in [0, 0.1) is 5.92 Å². The molecule has 2 atom stereocenters. The predicted molar refractivity (Wildman–Crippen MR) is 87.2 cm³/mol.